The standard InChI is InChI=1S/C33H42ClN3O5/c1-37(20-17-24-9-4-2-5-10-24)30(39)16-15-28(23-38)35-31(40)29(21-25-11-6-3-7-12-25)36-32(41)42-33(18-19-33)26-13-8-14-27(34)22-26/h2,4-5,8-10,13-14,22-23,25,28-29H,3,6-7,11-12,15-21H2,1H3,(H,35,40)(H,36,41)/t28-,29-/m0/s1. The van der Waals surface area contributed by atoms with Crippen molar-refractivity contribution < 1.29 is 23.9 Å². The Hall–Kier alpha value is -3.39. The van der Waals surface area contributed by atoms with Crippen LogP contribution in [0.5, 0.6) is 0 Å². The minimum atomic E-state index is -0.845. The first-order valence-electron chi connectivity index (χ1n) is 15.1. The van der Waals surface area contributed by atoms with Gasteiger partial charge in [-0.1, -0.05) is 86.2 Å². The Morgan fingerprint density at radius 2 is 1.79 bits per heavy atom. The number of halogens is 1. The number of hydrogen-bond acceptors (Lipinski definition) is 5. The fourth-order valence-corrected chi connectivity index (χ4v) is 5.86. The minimum absolute atomic E-state index is 0.0942. The largest absolute Gasteiger partial charge is 0.438 e. The first-order chi connectivity index (χ1) is 20.3. The van der Waals surface area contributed by atoms with Crippen LogP contribution in [0.3, 0.4) is 0 Å². The van der Waals surface area contributed by atoms with E-state index in [1.165, 1.54) is 6.42 Å². The van der Waals surface area contributed by atoms with Gasteiger partial charge in [0.25, 0.3) is 0 Å². The summed E-state index contributed by atoms with van der Waals surface area (Å²) in [5.74, 6) is -0.234. The van der Waals surface area contributed by atoms with Crippen LogP contribution in [-0.4, -0.2) is 54.8 Å². The SMILES string of the molecule is CN(CCc1ccccc1)C(=O)CC[C@@H](C=O)NC(=O)[C@H](CC1CCCCC1)NC(=O)OC1(c2cccc(Cl)c2)CC1. The van der Waals surface area contributed by atoms with Crippen molar-refractivity contribution in [2.24, 2.45) is 5.92 Å². The molecule has 2 aromatic carbocycles. The van der Waals surface area contributed by atoms with Crippen molar-refractivity contribution in [2.45, 2.75) is 88.3 Å². The van der Waals surface area contributed by atoms with Crippen LogP contribution in [0.25, 0.3) is 0 Å². The van der Waals surface area contributed by atoms with E-state index in [-0.39, 0.29) is 18.7 Å². The monoisotopic (exact) mass is 595 g/mol. The molecule has 2 saturated carbocycles. The van der Waals surface area contributed by atoms with Gasteiger partial charge in [-0.25, -0.2) is 4.79 Å². The molecule has 8 nitrogen and oxygen atoms in total. The molecule has 0 radical (unpaired) electrons. The number of nitrogens with one attached hydrogen (secondary N) is 2. The van der Waals surface area contributed by atoms with Gasteiger partial charge in [0.2, 0.25) is 11.8 Å². The number of amides is 3. The molecular weight excluding hydrogens is 554 g/mol. The highest BCUT2D eigenvalue weighted by Gasteiger charge is 2.49. The number of alkyl carbamates (subject to hydrolysis) is 1. The molecule has 2 aliphatic rings. The van der Waals surface area contributed by atoms with E-state index in [9.17, 15) is 19.2 Å². The van der Waals surface area contributed by atoms with Gasteiger partial charge in [0.05, 0.1) is 6.04 Å². The molecule has 0 unspecified atom stereocenters. The number of ether oxygens (including phenoxy) is 1. The predicted octanol–water partition coefficient (Wildman–Crippen LogP) is 5.56. The van der Waals surface area contributed by atoms with E-state index in [2.05, 4.69) is 10.6 Å². The second kappa shape index (κ2) is 15.2. The topological polar surface area (TPSA) is 105 Å². The summed E-state index contributed by atoms with van der Waals surface area (Å²) in [4.78, 5) is 52.7. The van der Waals surface area contributed by atoms with E-state index in [0.717, 1.165) is 43.2 Å². The van der Waals surface area contributed by atoms with Crippen LogP contribution in [0.15, 0.2) is 54.6 Å². The predicted molar refractivity (Wildman–Crippen MR) is 162 cm³/mol. The molecule has 9 heteroatoms. The maximum atomic E-state index is 13.4. The number of benzene rings is 2. The van der Waals surface area contributed by atoms with Crippen LogP contribution in [-0.2, 0) is 31.1 Å². The summed E-state index contributed by atoms with van der Waals surface area (Å²) in [5, 5.41) is 6.13. The van der Waals surface area contributed by atoms with Gasteiger partial charge in [0.1, 0.15) is 17.9 Å². The highest BCUT2D eigenvalue weighted by Crippen LogP contribution is 2.49. The maximum absolute atomic E-state index is 13.4. The summed E-state index contributed by atoms with van der Waals surface area (Å²) in [6.07, 6.45) is 8.22. The Morgan fingerprint density at radius 3 is 2.45 bits per heavy atom. The lowest BCUT2D eigenvalue weighted by Gasteiger charge is -2.28. The molecule has 42 heavy (non-hydrogen) atoms. The van der Waals surface area contributed by atoms with Crippen LogP contribution in [0.2, 0.25) is 5.02 Å². The van der Waals surface area contributed by atoms with Crippen LogP contribution in [0.4, 0.5) is 4.79 Å². The van der Waals surface area contributed by atoms with Gasteiger partial charge in [0.15, 0.2) is 0 Å². The number of carbonyl (C=O) groups is 4. The molecule has 0 heterocycles. The van der Waals surface area contributed by atoms with Crippen molar-refractivity contribution in [1.82, 2.24) is 15.5 Å². The van der Waals surface area contributed by atoms with Crippen molar-refractivity contribution in [2.75, 3.05) is 13.6 Å². The third kappa shape index (κ3) is 9.31. The molecule has 2 atom stereocenters. The lowest BCUT2D eigenvalue weighted by molar-refractivity contribution is -0.131. The smallest absolute Gasteiger partial charge is 0.408 e. The van der Waals surface area contributed by atoms with Crippen LogP contribution in [0.1, 0.15) is 75.3 Å². The van der Waals surface area contributed by atoms with Crippen molar-refractivity contribution in [3.8, 4) is 0 Å². The third-order valence-electron chi connectivity index (χ3n) is 8.41. The Morgan fingerprint density at radius 1 is 1.05 bits per heavy atom. The summed E-state index contributed by atoms with van der Waals surface area (Å²) in [5.41, 5.74) is 1.24. The molecule has 0 aliphatic heterocycles. The van der Waals surface area contributed by atoms with Crippen molar-refractivity contribution in [1.29, 1.82) is 0 Å². The number of rotatable bonds is 14. The van der Waals surface area contributed by atoms with E-state index in [1.54, 1.807) is 24.1 Å². The number of hydrogen-bond donors (Lipinski definition) is 2. The second-order valence-electron chi connectivity index (χ2n) is 11.7. The van der Waals surface area contributed by atoms with E-state index >= 15 is 0 Å². The molecule has 226 valence electrons. The minimum Gasteiger partial charge on any atom is -0.438 e. The van der Waals surface area contributed by atoms with Crippen molar-refractivity contribution in [3.05, 3.63) is 70.7 Å². The average Bonchev–Trinajstić information content (AvgIpc) is 3.78. The third-order valence-corrected chi connectivity index (χ3v) is 8.65. The van der Waals surface area contributed by atoms with Crippen molar-refractivity contribution in [3.63, 3.8) is 0 Å². The van der Waals surface area contributed by atoms with Gasteiger partial charge >= 0.3 is 6.09 Å². The van der Waals surface area contributed by atoms with Gasteiger partial charge in [0, 0.05) is 25.0 Å². The van der Waals surface area contributed by atoms with E-state index < -0.39 is 29.7 Å². The van der Waals surface area contributed by atoms with Gasteiger partial charge in [-0.2, -0.15) is 0 Å². The van der Waals surface area contributed by atoms with E-state index in [1.807, 2.05) is 42.5 Å². The molecule has 2 fully saturated rings. The summed E-state index contributed by atoms with van der Waals surface area (Å²) in [6.45, 7) is 0.563. The summed E-state index contributed by atoms with van der Waals surface area (Å²) in [6, 6.07) is 15.5. The molecule has 2 aromatic rings. The number of nitrogens with zero attached hydrogens (tertiary/aromatic N) is 1. The quantitative estimate of drug-likeness (QED) is 0.278. The molecular formula is C33H42ClN3O5. The fourth-order valence-electron chi connectivity index (χ4n) is 5.67. The zero-order chi connectivity index (χ0) is 30.0. The Balaban J connectivity index is 1.32. The number of carbonyl (C=O) groups excluding carboxylic acids is 4. The molecule has 4 rings (SSSR count). The number of aldehydes is 1. The van der Waals surface area contributed by atoms with Gasteiger partial charge in [-0.3, -0.25) is 9.59 Å². The highest BCUT2D eigenvalue weighted by molar-refractivity contribution is 6.30. The Bertz CT molecular complexity index is 1210. The Kier molecular flexibility index (Phi) is 11.4. The lowest BCUT2D eigenvalue weighted by Crippen LogP contribution is -2.51. The lowest BCUT2D eigenvalue weighted by atomic mass is 9.84. The molecule has 3 amide bonds. The van der Waals surface area contributed by atoms with Crippen molar-refractivity contribution >= 4 is 35.8 Å². The van der Waals surface area contributed by atoms with E-state index in [4.69, 9.17) is 16.3 Å². The van der Waals surface area contributed by atoms with Gasteiger partial charge < -0.3 is 25.1 Å². The van der Waals surface area contributed by atoms with E-state index in [0.29, 0.717) is 43.0 Å². The van der Waals surface area contributed by atoms with Gasteiger partial charge in [-0.05, 0) is 61.3 Å². The zero-order valence-electron chi connectivity index (χ0n) is 24.4. The summed E-state index contributed by atoms with van der Waals surface area (Å²) in [7, 11) is 1.74. The van der Waals surface area contributed by atoms with Gasteiger partial charge in [-0.15, -0.1) is 0 Å². The first kappa shape index (κ1) is 31.5. The maximum Gasteiger partial charge on any atom is 0.408 e. The molecule has 2 N–H and O–H groups in total. The Labute approximate surface area is 253 Å². The normalized spacial score (nSPS) is 17.4. The molecule has 0 spiro atoms. The fraction of sp³-hybridized carbons (Fsp3) is 0.515. The van der Waals surface area contributed by atoms with Crippen LogP contribution >= 0.6 is 11.6 Å². The molecule has 0 bridgehead atoms. The zero-order valence-corrected chi connectivity index (χ0v) is 25.1. The molecule has 0 saturated heterocycles. The number of likely N-dealkylation sites (N-methyl/N-ethyl adjacent to an activating group) is 1. The summed E-state index contributed by atoms with van der Waals surface area (Å²) < 4.78 is 5.84. The first-order valence-corrected chi connectivity index (χ1v) is 15.4. The molecule has 2 aliphatic carbocycles. The highest BCUT2D eigenvalue weighted by atomic mass is 35.5. The summed E-state index contributed by atoms with van der Waals surface area (Å²) >= 11 is 6.15. The van der Waals surface area contributed by atoms with Crippen LogP contribution < -0.4 is 10.6 Å². The van der Waals surface area contributed by atoms with Crippen LogP contribution in [0, 0.1) is 5.92 Å². The molecule has 0 aromatic heterocycles. The average molecular weight is 596 g/mol. The second-order valence-corrected chi connectivity index (χ2v) is 12.1.